The van der Waals surface area contributed by atoms with E-state index in [1.807, 2.05) is 47.4 Å². The molecule has 0 radical (unpaired) electrons. The van der Waals surface area contributed by atoms with Gasteiger partial charge in [-0.15, -0.1) is 0 Å². The molecule has 3 heterocycles. The van der Waals surface area contributed by atoms with Crippen molar-refractivity contribution in [3.05, 3.63) is 82.7 Å². The molecule has 1 unspecified atom stereocenters. The molecule has 29 heavy (non-hydrogen) atoms. The smallest absolute Gasteiger partial charge is 0.251 e. The third-order valence-corrected chi connectivity index (χ3v) is 5.37. The van der Waals surface area contributed by atoms with Crippen LogP contribution in [0.15, 0.2) is 65.7 Å². The number of H-pyrrole nitrogens is 1. The van der Waals surface area contributed by atoms with Crippen LogP contribution in [-0.2, 0) is 11.2 Å². The van der Waals surface area contributed by atoms with Crippen LogP contribution in [0.25, 0.3) is 11.3 Å². The molecule has 1 N–H and O–H groups in total. The third-order valence-electron chi connectivity index (χ3n) is 5.37. The van der Waals surface area contributed by atoms with E-state index < -0.39 is 0 Å². The third kappa shape index (κ3) is 4.77. The summed E-state index contributed by atoms with van der Waals surface area (Å²) in [5.74, 6) is 0.856. The molecule has 3 aromatic rings. The van der Waals surface area contributed by atoms with Crippen LogP contribution in [-0.4, -0.2) is 38.8 Å². The predicted molar refractivity (Wildman–Crippen MR) is 111 cm³/mol. The number of piperidine rings is 1. The van der Waals surface area contributed by atoms with Gasteiger partial charge in [0.25, 0.3) is 5.56 Å². The van der Waals surface area contributed by atoms with Gasteiger partial charge >= 0.3 is 0 Å². The van der Waals surface area contributed by atoms with Crippen molar-refractivity contribution >= 4 is 5.91 Å². The van der Waals surface area contributed by atoms with Crippen LogP contribution in [0.3, 0.4) is 0 Å². The number of likely N-dealkylation sites (tertiary alicyclic amines) is 1. The largest absolute Gasteiger partial charge is 0.342 e. The van der Waals surface area contributed by atoms with Gasteiger partial charge in [0, 0.05) is 49.5 Å². The van der Waals surface area contributed by atoms with E-state index in [2.05, 4.69) is 9.97 Å². The summed E-state index contributed by atoms with van der Waals surface area (Å²) in [7, 11) is 0. The standard InChI is InChI=1S/C23H24N4O2/c28-21-15-20(18-10-12-24-13-11-18)25-23(26-21)19-7-4-14-27(16-19)22(29)9-8-17-5-2-1-3-6-17/h1-3,5-6,10-13,15,19H,4,7-9,14,16H2,(H,25,26,28). The molecule has 1 aliphatic heterocycles. The number of rotatable bonds is 5. The molecular formula is C23H24N4O2. The Morgan fingerprint density at radius 2 is 1.93 bits per heavy atom. The van der Waals surface area contributed by atoms with E-state index in [1.54, 1.807) is 12.4 Å². The first-order chi connectivity index (χ1) is 14.2. The van der Waals surface area contributed by atoms with Crippen molar-refractivity contribution in [2.45, 2.75) is 31.6 Å². The Kier molecular flexibility index (Phi) is 5.79. The van der Waals surface area contributed by atoms with Gasteiger partial charge in [-0.1, -0.05) is 30.3 Å². The Balaban J connectivity index is 1.46. The average Bonchev–Trinajstić information content (AvgIpc) is 2.78. The quantitative estimate of drug-likeness (QED) is 0.728. The van der Waals surface area contributed by atoms with Crippen LogP contribution in [0.5, 0.6) is 0 Å². The normalized spacial score (nSPS) is 16.6. The Morgan fingerprint density at radius 3 is 2.72 bits per heavy atom. The van der Waals surface area contributed by atoms with Crippen molar-refractivity contribution in [1.82, 2.24) is 19.9 Å². The topological polar surface area (TPSA) is 79.0 Å². The molecule has 1 atom stereocenters. The maximum atomic E-state index is 12.7. The van der Waals surface area contributed by atoms with Gasteiger partial charge in [-0.25, -0.2) is 4.98 Å². The van der Waals surface area contributed by atoms with Crippen LogP contribution in [0, 0.1) is 0 Å². The van der Waals surface area contributed by atoms with Crippen LogP contribution < -0.4 is 5.56 Å². The van der Waals surface area contributed by atoms with Crippen molar-refractivity contribution in [2.75, 3.05) is 13.1 Å². The first-order valence-corrected chi connectivity index (χ1v) is 10.0. The van der Waals surface area contributed by atoms with Crippen LogP contribution in [0.1, 0.15) is 36.6 Å². The van der Waals surface area contributed by atoms with E-state index >= 15 is 0 Å². The van der Waals surface area contributed by atoms with Crippen molar-refractivity contribution in [3.8, 4) is 11.3 Å². The Labute approximate surface area is 169 Å². The van der Waals surface area contributed by atoms with E-state index in [0.29, 0.717) is 24.5 Å². The molecule has 1 saturated heterocycles. The summed E-state index contributed by atoms with van der Waals surface area (Å²) in [5.41, 5.74) is 2.50. The number of carbonyl (C=O) groups excluding carboxylic acids is 1. The lowest BCUT2D eigenvalue weighted by Crippen LogP contribution is -2.40. The molecule has 1 aromatic carbocycles. The average molecular weight is 388 g/mol. The maximum absolute atomic E-state index is 12.7. The number of benzene rings is 1. The SMILES string of the molecule is O=C(CCc1ccccc1)N1CCCC(c2nc(-c3ccncc3)cc(=O)[nH]2)C1. The van der Waals surface area contributed by atoms with Gasteiger partial charge in [-0.3, -0.25) is 14.6 Å². The molecule has 1 amide bonds. The molecular weight excluding hydrogens is 364 g/mol. The fourth-order valence-electron chi connectivity index (χ4n) is 3.82. The number of amides is 1. The van der Waals surface area contributed by atoms with E-state index in [0.717, 1.165) is 31.4 Å². The Hall–Kier alpha value is -3.28. The number of nitrogens with one attached hydrogen (secondary N) is 1. The van der Waals surface area contributed by atoms with Gasteiger partial charge in [0.1, 0.15) is 5.82 Å². The highest BCUT2D eigenvalue weighted by Gasteiger charge is 2.26. The zero-order valence-corrected chi connectivity index (χ0v) is 16.3. The van der Waals surface area contributed by atoms with Gasteiger partial charge in [-0.2, -0.15) is 0 Å². The van der Waals surface area contributed by atoms with E-state index in [-0.39, 0.29) is 17.4 Å². The lowest BCUT2D eigenvalue weighted by molar-refractivity contribution is -0.132. The van der Waals surface area contributed by atoms with Crippen molar-refractivity contribution in [2.24, 2.45) is 0 Å². The van der Waals surface area contributed by atoms with Crippen molar-refractivity contribution in [3.63, 3.8) is 0 Å². The highest BCUT2D eigenvalue weighted by Crippen LogP contribution is 2.26. The highest BCUT2D eigenvalue weighted by molar-refractivity contribution is 5.76. The van der Waals surface area contributed by atoms with Gasteiger partial charge in [0.2, 0.25) is 5.91 Å². The lowest BCUT2D eigenvalue weighted by atomic mass is 9.96. The first kappa shape index (κ1) is 19.1. The highest BCUT2D eigenvalue weighted by atomic mass is 16.2. The summed E-state index contributed by atoms with van der Waals surface area (Å²) in [4.78, 5) is 38.4. The number of nitrogens with zero attached hydrogens (tertiary/aromatic N) is 3. The van der Waals surface area contributed by atoms with E-state index in [1.165, 1.54) is 11.6 Å². The van der Waals surface area contributed by atoms with E-state index in [9.17, 15) is 9.59 Å². The summed E-state index contributed by atoms with van der Waals surface area (Å²) in [6.45, 7) is 1.36. The maximum Gasteiger partial charge on any atom is 0.251 e. The monoisotopic (exact) mass is 388 g/mol. The van der Waals surface area contributed by atoms with Crippen LogP contribution in [0.2, 0.25) is 0 Å². The van der Waals surface area contributed by atoms with Crippen molar-refractivity contribution in [1.29, 1.82) is 0 Å². The molecule has 0 aliphatic carbocycles. The summed E-state index contributed by atoms with van der Waals surface area (Å²) >= 11 is 0. The van der Waals surface area contributed by atoms with Gasteiger partial charge in [-0.05, 0) is 37.0 Å². The molecule has 2 aromatic heterocycles. The van der Waals surface area contributed by atoms with Gasteiger partial charge in [0.15, 0.2) is 0 Å². The Bertz CT molecular complexity index is 1020. The van der Waals surface area contributed by atoms with Crippen LogP contribution >= 0.6 is 0 Å². The summed E-state index contributed by atoms with van der Waals surface area (Å²) in [5, 5.41) is 0. The fourth-order valence-corrected chi connectivity index (χ4v) is 3.82. The summed E-state index contributed by atoms with van der Waals surface area (Å²) < 4.78 is 0. The second-order valence-electron chi connectivity index (χ2n) is 7.42. The molecule has 0 spiro atoms. The van der Waals surface area contributed by atoms with E-state index in [4.69, 9.17) is 4.98 Å². The minimum atomic E-state index is -0.172. The molecule has 6 heteroatoms. The van der Waals surface area contributed by atoms with Crippen LogP contribution in [0.4, 0.5) is 0 Å². The predicted octanol–water partition coefficient (Wildman–Crippen LogP) is 3.17. The molecule has 0 bridgehead atoms. The molecule has 0 saturated carbocycles. The Morgan fingerprint density at radius 1 is 1.14 bits per heavy atom. The molecule has 4 rings (SSSR count). The number of aromatic nitrogens is 3. The summed E-state index contributed by atoms with van der Waals surface area (Å²) in [6.07, 6.45) is 6.43. The van der Waals surface area contributed by atoms with Gasteiger partial charge < -0.3 is 9.88 Å². The molecule has 1 fully saturated rings. The molecule has 148 valence electrons. The fraction of sp³-hybridized carbons (Fsp3) is 0.304. The first-order valence-electron chi connectivity index (χ1n) is 10.0. The van der Waals surface area contributed by atoms with Gasteiger partial charge in [0.05, 0.1) is 5.69 Å². The number of aryl methyl sites for hydroxylation is 1. The van der Waals surface area contributed by atoms with Crippen molar-refractivity contribution < 1.29 is 4.79 Å². The number of pyridine rings is 1. The zero-order chi connectivity index (χ0) is 20.1. The number of aromatic amines is 1. The molecule has 1 aliphatic rings. The summed E-state index contributed by atoms with van der Waals surface area (Å²) in [6, 6.07) is 15.2. The number of carbonyl (C=O) groups is 1. The second-order valence-corrected chi connectivity index (χ2v) is 7.42. The minimum Gasteiger partial charge on any atom is -0.342 e. The number of hydrogen-bond acceptors (Lipinski definition) is 4. The molecule has 6 nitrogen and oxygen atoms in total. The lowest BCUT2D eigenvalue weighted by Gasteiger charge is -2.32. The zero-order valence-electron chi connectivity index (χ0n) is 16.3. The second kappa shape index (κ2) is 8.82. The number of hydrogen-bond donors (Lipinski definition) is 1. The minimum absolute atomic E-state index is 0.0407.